The van der Waals surface area contributed by atoms with Gasteiger partial charge in [-0.3, -0.25) is 4.79 Å². The van der Waals surface area contributed by atoms with Gasteiger partial charge < -0.3 is 19.9 Å². The molecule has 1 amide bonds. The smallest absolute Gasteiger partial charge is 0.271 e. The molecule has 1 atom stereocenters. The molecule has 7 nitrogen and oxygen atoms in total. The molecule has 0 unspecified atom stereocenters. The Morgan fingerprint density at radius 2 is 2.30 bits per heavy atom. The number of pyridine rings is 1. The van der Waals surface area contributed by atoms with Gasteiger partial charge in [-0.25, -0.2) is 9.97 Å². The maximum atomic E-state index is 12.1. The number of nitrogens with zero attached hydrogens (tertiary/aromatic N) is 4. The maximum absolute atomic E-state index is 12.1. The quantitative estimate of drug-likeness (QED) is 0.862. The number of piperidine rings is 1. The van der Waals surface area contributed by atoms with Crippen LogP contribution in [0.2, 0.25) is 0 Å². The molecule has 122 valence electrons. The molecule has 1 saturated heterocycles. The van der Waals surface area contributed by atoms with Crippen molar-refractivity contribution in [2.45, 2.75) is 18.4 Å². The average Bonchev–Trinajstić information content (AvgIpc) is 3.00. The zero-order valence-corrected chi connectivity index (χ0v) is 13.1. The summed E-state index contributed by atoms with van der Waals surface area (Å²) >= 11 is 0. The van der Waals surface area contributed by atoms with Crippen molar-refractivity contribution in [2.24, 2.45) is 7.05 Å². The Labute approximate surface area is 135 Å². The van der Waals surface area contributed by atoms with Crippen molar-refractivity contribution in [3.05, 3.63) is 42.6 Å². The van der Waals surface area contributed by atoms with Gasteiger partial charge in [0.05, 0.1) is 11.9 Å². The summed E-state index contributed by atoms with van der Waals surface area (Å²) in [5.74, 6) is 0.579. The van der Waals surface area contributed by atoms with E-state index in [0.717, 1.165) is 18.8 Å². The minimum absolute atomic E-state index is 0.200. The van der Waals surface area contributed by atoms with E-state index in [1.54, 1.807) is 23.3 Å². The third kappa shape index (κ3) is 3.68. The predicted molar refractivity (Wildman–Crippen MR) is 86.2 cm³/mol. The van der Waals surface area contributed by atoms with Crippen LogP contribution >= 0.6 is 0 Å². The number of aryl methyl sites for hydroxylation is 1. The van der Waals surface area contributed by atoms with Crippen LogP contribution < -0.4 is 10.2 Å². The second-order valence-corrected chi connectivity index (χ2v) is 6.04. The molecule has 1 aliphatic rings. The first kappa shape index (κ1) is 15.5. The summed E-state index contributed by atoms with van der Waals surface area (Å²) in [5, 5.41) is 13.6. The summed E-state index contributed by atoms with van der Waals surface area (Å²) in [4.78, 5) is 22.5. The van der Waals surface area contributed by atoms with Crippen LogP contribution in [0.4, 0.5) is 5.82 Å². The number of amides is 1. The minimum Gasteiger partial charge on any atom is -0.386 e. The number of carbonyl (C=O) groups is 1. The zero-order chi connectivity index (χ0) is 16.3. The van der Waals surface area contributed by atoms with Crippen LogP contribution in [0.5, 0.6) is 0 Å². The lowest BCUT2D eigenvalue weighted by Gasteiger charge is -2.39. The largest absolute Gasteiger partial charge is 0.386 e. The minimum atomic E-state index is -0.958. The number of nitrogens with one attached hydrogen (secondary N) is 1. The third-order valence-corrected chi connectivity index (χ3v) is 4.04. The molecule has 7 heteroatoms. The number of aliphatic hydroxyl groups is 1. The Bertz CT molecular complexity index is 672. The number of rotatable bonds is 4. The van der Waals surface area contributed by atoms with Crippen molar-refractivity contribution in [3.63, 3.8) is 0 Å². The molecule has 3 rings (SSSR count). The second kappa shape index (κ2) is 6.37. The van der Waals surface area contributed by atoms with Gasteiger partial charge in [0.15, 0.2) is 0 Å². The number of aromatic nitrogens is 3. The molecule has 2 aromatic rings. The van der Waals surface area contributed by atoms with Gasteiger partial charge in [0.2, 0.25) is 0 Å². The van der Waals surface area contributed by atoms with E-state index in [1.165, 1.54) is 0 Å². The Kier molecular flexibility index (Phi) is 4.29. The van der Waals surface area contributed by atoms with Crippen LogP contribution in [0, 0.1) is 0 Å². The van der Waals surface area contributed by atoms with E-state index in [4.69, 9.17) is 0 Å². The normalized spacial score (nSPS) is 21.2. The van der Waals surface area contributed by atoms with Gasteiger partial charge in [0.1, 0.15) is 11.5 Å². The van der Waals surface area contributed by atoms with E-state index >= 15 is 0 Å². The van der Waals surface area contributed by atoms with Gasteiger partial charge in [-0.2, -0.15) is 0 Å². The number of carbonyl (C=O) groups excluding carboxylic acids is 1. The van der Waals surface area contributed by atoms with Crippen molar-refractivity contribution in [3.8, 4) is 0 Å². The Balaban J connectivity index is 1.61. The van der Waals surface area contributed by atoms with Gasteiger partial charge in [0, 0.05) is 39.1 Å². The number of imidazole rings is 1. The highest BCUT2D eigenvalue weighted by Crippen LogP contribution is 2.24. The fraction of sp³-hybridized carbons (Fsp3) is 0.438. The summed E-state index contributed by atoms with van der Waals surface area (Å²) in [6.45, 7) is 1.51. The van der Waals surface area contributed by atoms with Crippen molar-refractivity contribution >= 4 is 11.7 Å². The molecule has 0 radical (unpaired) electrons. The summed E-state index contributed by atoms with van der Waals surface area (Å²) < 4.78 is 1.72. The molecule has 1 fully saturated rings. The molecule has 0 bridgehead atoms. The lowest BCUT2D eigenvalue weighted by Crippen LogP contribution is -2.54. The van der Waals surface area contributed by atoms with Gasteiger partial charge in [-0.15, -0.1) is 0 Å². The van der Waals surface area contributed by atoms with E-state index < -0.39 is 5.60 Å². The molecule has 23 heavy (non-hydrogen) atoms. The fourth-order valence-corrected chi connectivity index (χ4v) is 2.86. The number of hydrogen-bond acceptors (Lipinski definition) is 5. The van der Waals surface area contributed by atoms with E-state index in [-0.39, 0.29) is 12.5 Å². The second-order valence-electron chi connectivity index (χ2n) is 6.04. The van der Waals surface area contributed by atoms with Crippen molar-refractivity contribution in [1.82, 2.24) is 19.9 Å². The van der Waals surface area contributed by atoms with Gasteiger partial charge in [-0.1, -0.05) is 6.07 Å². The predicted octanol–water partition coefficient (Wildman–Crippen LogP) is 0.576. The standard InChI is InChI=1S/C16H21N5O2/c1-20-9-13(19-12-20)15(22)18-10-16(23)6-4-8-21(11-16)14-5-2-3-7-17-14/h2-3,5,7,9,12,23H,4,6,8,10-11H2,1H3,(H,18,22)/t16-/m1/s1. The molecule has 0 aliphatic carbocycles. The molecule has 2 aromatic heterocycles. The first-order valence-corrected chi connectivity index (χ1v) is 7.70. The van der Waals surface area contributed by atoms with Gasteiger partial charge in [0.25, 0.3) is 5.91 Å². The summed E-state index contributed by atoms with van der Waals surface area (Å²) in [6, 6.07) is 5.73. The van der Waals surface area contributed by atoms with E-state index in [0.29, 0.717) is 18.7 Å². The Morgan fingerprint density at radius 3 is 3.00 bits per heavy atom. The molecule has 2 N–H and O–H groups in total. The number of β-amino-alcohol motifs (C(OH)–C–C–N with tert-alkyl or cyclic N) is 1. The number of hydrogen-bond donors (Lipinski definition) is 2. The molecular weight excluding hydrogens is 294 g/mol. The summed E-state index contributed by atoms with van der Waals surface area (Å²) in [5.41, 5.74) is -0.603. The van der Waals surface area contributed by atoms with E-state index in [2.05, 4.69) is 20.2 Å². The summed E-state index contributed by atoms with van der Waals surface area (Å²) in [6.07, 6.45) is 6.48. The van der Waals surface area contributed by atoms with Gasteiger partial charge in [-0.05, 0) is 25.0 Å². The van der Waals surface area contributed by atoms with Crippen molar-refractivity contribution in [2.75, 3.05) is 24.5 Å². The van der Waals surface area contributed by atoms with Gasteiger partial charge >= 0.3 is 0 Å². The maximum Gasteiger partial charge on any atom is 0.271 e. The van der Waals surface area contributed by atoms with Crippen LogP contribution in [0.3, 0.4) is 0 Å². The molecule has 1 aliphatic heterocycles. The lowest BCUT2D eigenvalue weighted by molar-refractivity contribution is 0.0254. The molecule has 0 spiro atoms. The van der Waals surface area contributed by atoms with Crippen LogP contribution in [0.25, 0.3) is 0 Å². The molecular formula is C16H21N5O2. The van der Waals surface area contributed by atoms with E-state index in [9.17, 15) is 9.90 Å². The highest BCUT2D eigenvalue weighted by Gasteiger charge is 2.34. The molecule has 0 saturated carbocycles. The monoisotopic (exact) mass is 315 g/mol. The first-order chi connectivity index (χ1) is 11.1. The van der Waals surface area contributed by atoms with Crippen LogP contribution in [-0.2, 0) is 7.05 Å². The summed E-state index contributed by atoms with van der Waals surface area (Å²) in [7, 11) is 1.81. The van der Waals surface area contributed by atoms with Crippen molar-refractivity contribution in [1.29, 1.82) is 0 Å². The van der Waals surface area contributed by atoms with Crippen LogP contribution in [0.15, 0.2) is 36.9 Å². The Hall–Kier alpha value is -2.41. The number of anilines is 1. The SMILES string of the molecule is Cn1cnc(C(=O)NC[C@]2(O)CCCN(c3ccccn3)C2)c1. The zero-order valence-electron chi connectivity index (χ0n) is 13.1. The lowest BCUT2D eigenvalue weighted by atomic mass is 9.92. The highest BCUT2D eigenvalue weighted by atomic mass is 16.3. The third-order valence-electron chi connectivity index (χ3n) is 4.04. The molecule has 0 aromatic carbocycles. The average molecular weight is 315 g/mol. The first-order valence-electron chi connectivity index (χ1n) is 7.70. The van der Waals surface area contributed by atoms with Crippen LogP contribution in [0.1, 0.15) is 23.3 Å². The highest BCUT2D eigenvalue weighted by molar-refractivity contribution is 5.92. The topological polar surface area (TPSA) is 83.3 Å². The van der Waals surface area contributed by atoms with Crippen molar-refractivity contribution < 1.29 is 9.90 Å². The van der Waals surface area contributed by atoms with E-state index in [1.807, 2.05) is 25.2 Å². The fourth-order valence-electron chi connectivity index (χ4n) is 2.86. The Morgan fingerprint density at radius 1 is 1.43 bits per heavy atom. The molecule has 3 heterocycles. The van der Waals surface area contributed by atoms with Crippen LogP contribution in [-0.4, -0.2) is 50.8 Å².